The highest BCUT2D eigenvalue weighted by atomic mass is 16.4. The minimum Gasteiger partial charge on any atom is -0.477 e. The maximum Gasteiger partial charge on any atom is 0.354 e. The predicted octanol–water partition coefficient (Wildman–Crippen LogP) is 2.47. The fourth-order valence-corrected chi connectivity index (χ4v) is 2.59. The smallest absolute Gasteiger partial charge is 0.354 e. The van der Waals surface area contributed by atoms with Crippen molar-refractivity contribution >= 4 is 17.5 Å². The van der Waals surface area contributed by atoms with E-state index in [1.807, 2.05) is 18.2 Å². The molecule has 2 heterocycles. The number of hydrogen-bond acceptors (Lipinski definition) is 4. The van der Waals surface area contributed by atoms with Crippen LogP contribution >= 0.6 is 0 Å². The number of carboxylic acid groups (broad SMARTS) is 1. The SMILES string of the molecule is O=C(O)c1cccc(NC2CCN(c3ccccc3)C2)n1. The van der Waals surface area contributed by atoms with Crippen molar-refractivity contribution in [2.45, 2.75) is 12.5 Å². The average Bonchev–Trinajstić information content (AvgIpc) is 2.97. The van der Waals surface area contributed by atoms with Gasteiger partial charge < -0.3 is 15.3 Å². The Kier molecular flexibility index (Phi) is 3.73. The molecule has 1 aliphatic rings. The van der Waals surface area contributed by atoms with E-state index >= 15 is 0 Å². The first kappa shape index (κ1) is 13.4. The van der Waals surface area contributed by atoms with Gasteiger partial charge in [0.05, 0.1) is 0 Å². The van der Waals surface area contributed by atoms with Gasteiger partial charge in [0.15, 0.2) is 5.69 Å². The average molecular weight is 283 g/mol. The second-order valence-electron chi connectivity index (χ2n) is 5.12. The number of anilines is 2. The molecule has 0 amide bonds. The molecule has 108 valence electrons. The summed E-state index contributed by atoms with van der Waals surface area (Å²) in [6, 6.07) is 15.6. The molecule has 2 N–H and O–H groups in total. The Morgan fingerprint density at radius 1 is 1.19 bits per heavy atom. The first-order valence-corrected chi connectivity index (χ1v) is 6.99. The Bertz CT molecular complexity index is 630. The molecule has 0 saturated carbocycles. The second-order valence-corrected chi connectivity index (χ2v) is 5.12. The molecule has 1 atom stereocenters. The van der Waals surface area contributed by atoms with Crippen LogP contribution in [0.15, 0.2) is 48.5 Å². The molecule has 0 spiro atoms. The molecule has 1 fully saturated rings. The third-order valence-electron chi connectivity index (χ3n) is 3.63. The summed E-state index contributed by atoms with van der Waals surface area (Å²) >= 11 is 0. The molecular weight excluding hydrogens is 266 g/mol. The van der Waals surface area contributed by atoms with Gasteiger partial charge in [-0.1, -0.05) is 24.3 Å². The molecule has 0 bridgehead atoms. The standard InChI is InChI=1S/C16H17N3O2/c20-16(21)14-7-4-8-15(18-14)17-12-9-10-19(11-12)13-5-2-1-3-6-13/h1-8,12H,9-11H2,(H,17,18)(H,20,21). The van der Waals surface area contributed by atoms with Crippen molar-refractivity contribution in [3.63, 3.8) is 0 Å². The lowest BCUT2D eigenvalue weighted by Crippen LogP contribution is -2.26. The van der Waals surface area contributed by atoms with Gasteiger partial charge in [-0.3, -0.25) is 0 Å². The fraction of sp³-hybridized carbons (Fsp3) is 0.250. The van der Waals surface area contributed by atoms with Gasteiger partial charge in [-0.05, 0) is 30.7 Å². The van der Waals surface area contributed by atoms with Gasteiger partial charge in [0.2, 0.25) is 0 Å². The largest absolute Gasteiger partial charge is 0.477 e. The van der Waals surface area contributed by atoms with Crippen LogP contribution in [0.4, 0.5) is 11.5 Å². The quantitative estimate of drug-likeness (QED) is 0.902. The number of para-hydroxylation sites is 1. The van der Waals surface area contributed by atoms with Crippen LogP contribution in [-0.4, -0.2) is 35.2 Å². The van der Waals surface area contributed by atoms with Gasteiger partial charge in [-0.15, -0.1) is 0 Å². The zero-order chi connectivity index (χ0) is 14.7. The lowest BCUT2D eigenvalue weighted by atomic mass is 10.2. The van der Waals surface area contributed by atoms with Crippen LogP contribution in [0.2, 0.25) is 0 Å². The number of rotatable bonds is 4. The molecule has 1 aromatic carbocycles. The van der Waals surface area contributed by atoms with Crippen LogP contribution in [0.5, 0.6) is 0 Å². The van der Waals surface area contributed by atoms with Crippen molar-refractivity contribution in [3.05, 3.63) is 54.2 Å². The van der Waals surface area contributed by atoms with E-state index in [1.54, 1.807) is 12.1 Å². The molecule has 1 unspecified atom stereocenters. The van der Waals surface area contributed by atoms with Crippen LogP contribution < -0.4 is 10.2 Å². The van der Waals surface area contributed by atoms with Crippen LogP contribution in [0.1, 0.15) is 16.9 Å². The van der Waals surface area contributed by atoms with Crippen molar-refractivity contribution in [3.8, 4) is 0 Å². The van der Waals surface area contributed by atoms with Gasteiger partial charge in [0.1, 0.15) is 5.82 Å². The zero-order valence-corrected chi connectivity index (χ0v) is 11.6. The Labute approximate surface area is 123 Å². The van der Waals surface area contributed by atoms with Crippen LogP contribution in [0.3, 0.4) is 0 Å². The molecule has 21 heavy (non-hydrogen) atoms. The minimum atomic E-state index is -1.00. The highest BCUT2D eigenvalue weighted by molar-refractivity contribution is 5.85. The number of nitrogens with one attached hydrogen (secondary N) is 1. The summed E-state index contributed by atoms with van der Waals surface area (Å²) in [5.41, 5.74) is 1.28. The number of carboxylic acids is 1. The number of aromatic carboxylic acids is 1. The summed E-state index contributed by atoms with van der Waals surface area (Å²) < 4.78 is 0. The Morgan fingerprint density at radius 3 is 2.76 bits per heavy atom. The highest BCUT2D eigenvalue weighted by Gasteiger charge is 2.22. The first-order chi connectivity index (χ1) is 10.2. The van der Waals surface area contributed by atoms with E-state index in [2.05, 4.69) is 27.3 Å². The summed E-state index contributed by atoms with van der Waals surface area (Å²) in [7, 11) is 0. The number of carbonyl (C=O) groups is 1. The number of nitrogens with zero attached hydrogens (tertiary/aromatic N) is 2. The molecule has 5 heteroatoms. The van der Waals surface area contributed by atoms with Gasteiger partial charge in [0.25, 0.3) is 0 Å². The lowest BCUT2D eigenvalue weighted by Gasteiger charge is -2.19. The van der Waals surface area contributed by atoms with Gasteiger partial charge in [0, 0.05) is 24.8 Å². The highest BCUT2D eigenvalue weighted by Crippen LogP contribution is 2.21. The maximum atomic E-state index is 10.9. The molecule has 0 radical (unpaired) electrons. The Hall–Kier alpha value is -2.56. The predicted molar refractivity (Wildman–Crippen MR) is 81.9 cm³/mol. The molecule has 3 rings (SSSR count). The molecule has 5 nitrogen and oxygen atoms in total. The van der Waals surface area contributed by atoms with E-state index in [9.17, 15) is 4.79 Å². The summed E-state index contributed by atoms with van der Waals surface area (Å²) in [5.74, 6) is -0.384. The third kappa shape index (κ3) is 3.13. The summed E-state index contributed by atoms with van der Waals surface area (Å²) in [4.78, 5) is 17.4. The van der Waals surface area contributed by atoms with E-state index in [4.69, 9.17) is 5.11 Å². The van der Waals surface area contributed by atoms with E-state index in [-0.39, 0.29) is 11.7 Å². The minimum absolute atomic E-state index is 0.0675. The van der Waals surface area contributed by atoms with Gasteiger partial charge in [-0.25, -0.2) is 9.78 Å². The van der Waals surface area contributed by atoms with E-state index in [0.29, 0.717) is 5.82 Å². The first-order valence-electron chi connectivity index (χ1n) is 6.99. The fourth-order valence-electron chi connectivity index (χ4n) is 2.59. The van der Waals surface area contributed by atoms with Crippen LogP contribution in [-0.2, 0) is 0 Å². The van der Waals surface area contributed by atoms with E-state index in [0.717, 1.165) is 19.5 Å². The monoisotopic (exact) mass is 283 g/mol. The van der Waals surface area contributed by atoms with Crippen LogP contribution in [0, 0.1) is 0 Å². The molecule has 1 saturated heterocycles. The van der Waals surface area contributed by atoms with Crippen molar-refractivity contribution in [1.82, 2.24) is 4.98 Å². The van der Waals surface area contributed by atoms with Gasteiger partial charge in [-0.2, -0.15) is 0 Å². The van der Waals surface area contributed by atoms with Crippen molar-refractivity contribution < 1.29 is 9.90 Å². The number of benzene rings is 1. The maximum absolute atomic E-state index is 10.9. The topological polar surface area (TPSA) is 65.5 Å². The molecular formula is C16H17N3O2. The molecule has 0 aliphatic carbocycles. The van der Waals surface area contributed by atoms with Crippen molar-refractivity contribution in [1.29, 1.82) is 0 Å². The lowest BCUT2D eigenvalue weighted by molar-refractivity contribution is 0.0690. The number of pyridine rings is 1. The van der Waals surface area contributed by atoms with Crippen LogP contribution in [0.25, 0.3) is 0 Å². The number of hydrogen-bond donors (Lipinski definition) is 2. The van der Waals surface area contributed by atoms with Gasteiger partial charge >= 0.3 is 5.97 Å². The van der Waals surface area contributed by atoms with Crippen molar-refractivity contribution in [2.24, 2.45) is 0 Å². The summed E-state index contributed by atoms with van der Waals surface area (Å²) in [5, 5.41) is 12.3. The summed E-state index contributed by atoms with van der Waals surface area (Å²) in [6.45, 7) is 1.88. The molecule has 1 aromatic heterocycles. The second kappa shape index (κ2) is 5.83. The summed E-state index contributed by atoms with van der Waals surface area (Å²) in [6.07, 6.45) is 1.01. The molecule has 2 aromatic rings. The normalized spacial score (nSPS) is 17.7. The number of aromatic nitrogens is 1. The van der Waals surface area contributed by atoms with E-state index < -0.39 is 5.97 Å². The third-order valence-corrected chi connectivity index (χ3v) is 3.63. The Balaban J connectivity index is 1.65. The van der Waals surface area contributed by atoms with Crippen molar-refractivity contribution in [2.75, 3.05) is 23.3 Å². The Morgan fingerprint density at radius 2 is 2.00 bits per heavy atom. The van der Waals surface area contributed by atoms with E-state index in [1.165, 1.54) is 11.8 Å². The zero-order valence-electron chi connectivity index (χ0n) is 11.6. The molecule has 1 aliphatic heterocycles.